The van der Waals surface area contributed by atoms with Crippen molar-refractivity contribution in [2.24, 2.45) is 0 Å². The van der Waals surface area contributed by atoms with E-state index < -0.39 is 73.1 Å². The summed E-state index contributed by atoms with van der Waals surface area (Å²) >= 11 is 0. The molecule has 40 heavy (non-hydrogen) atoms. The van der Waals surface area contributed by atoms with Crippen molar-refractivity contribution in [3.63, 3.8) is 0 Å². The Balaban J connectivity index is 2.20. The number of alkyl halides is 6. The first-order valence-electron chi connectivity index (χ1n) is 12.1. The van der Waals surface area contributed by atoms with Gasteiger partial charge in [0, 0.05) is 12.6 Å². The molecule has 220 valence electrons. The third-order valence-corrected chi connectivity index (χ3v) is 6.56. The molecule has 0 aromatic heterocycles. The van der Waals surface area contributed by atoms with Gasteiger partial charge in [-0.1, -0.05) is 0 Å². The fourth-order valence-corrected chi connectivity index (χ4v) is 4.75. The SMILES string of the molecule is CCOC(=O)N1c2cc(CO)c(CO)cc2[C@H](N(Cc2cc(C(F)(F)F)cc(C(F)(F)F)c2)C(=O)OC)C[C@@H]1C. The second-order valence-electron chi connectivity index (χ2n) is 9.18. The molecule has 3 rings (SSSR count). The zero-order valence-corrected chi connectivity index (χ0v) is 21.8. The summed E-state index contributed by atoms with van der Waals surface area (Å²) in [6.07, 6.45) is -12.0. The van der Waals surface area contributed by atoms with Crippen molar-refractivity contribution in [2.45, 2.75) is 64.5 Å². The predicted octanol–water partition coefficient (Wildman–Crippen LogP) is 5.77. The molecule has 0 aliphatic carbocycles. The molecular formula is C26H28F6N2O6. The number of hydrogen-bond donors (Lipinski definition) is 2. The smallest absolute Gasteiger partial charge is 0.416 e. The van der Waals surface area contributed by atoms with Crippen LogP contribution >= 0.6 is 0 Å². The third kappa shape index (κ3) is 6.44. The summed E-state index contributed by atoms with van der Waals surface area (Å²) in [7, 11) is 1.01. The molecule has 1 heterocycles. The van der Waals surface area contributed by atoms with Crippen molar-refractivity contribution < 1.29 is 55.6 Å². The van der Waals surface area contributed by atoms with Gasteiger partial charge in [0.05, 0.1) is 49.8 Å². The molecule has 2 aromatic carbocycles. The topological polar surface area (TPSA) is 99.5 Å². The van der Waals surface area contributed by atoms with E-state index in [-0.39, 0.29) is 41.5 Å². The van der Waals surface area contributed by atoms with Crippen LogP contribution in [0.1, 0.15) is 59.7 Å². The molecule has 0 spiro atoms. The second kappa shape index (κ2) is 11.9. The number of amides is 2. The Bertz CT molecular complexity index is 1220. The predicted molar refractivity (Wildman–Crippen MR) is 129 cm³/mol. The number of anilines is 1. The van der Waals surface area contributed by atoms with Gasteiger partial charge >= 0.3 is 24.5 Å². The lowest BCUT2D eigenvalue weighted by atomic mass is 9.87. The lowest BCUT2D eigenvalue weighted by Crippen LogP contribution is -2.47. The number of rotatable bonds is 6. The van der Waals surface area contributed by atoms with Gasteiger partial charge in [-0.25, -0.2) is 9.59 Å². The van der Waals surface area contributed by atoms with Crippen molar-refractivity contribution >= 4 is 17.9 Å². The van der Waals surface area contributed by atoms with E-state index in [9.17, 15) is 46.1 Å². The molecule has 2 atom stereocenters. The van der Waals surface area contributed by atoms with Crippen LogP contribution in [-0.4, -0.2) is 47.1 Å². The summed E-state index contributed by atoms with van der Waals surface area (Å²) < 4.78 is 90.8. The molecule has 1 aliphatic rings. The van der Waals surface area contributed by atoms with E-state index in [1.165, 1.54) is 17.0 Å². The summed E-state index contributed by atoms with van der Waals surface area (Å²) in [5.41, 5.74) is -2.58. The minimum absolute atomic E-state index is 0.00462. The molecule has 8 nitrogen and oxygen atoms in total. The van der Waals surface area contributed by atoms with Crippen molar-refractivity contribution in [1.82, 2.24) is 4.90 Å². The Morgan fingerprint density at radius 1 is 0.975 bits per heavy atom. The summed E-state index contributed by atoms with van der Waals surface area (Å²) in [5, 5.41) is 19.7. The highest BCUT2D eigenvalue weighted by atomic mass is 19.4. The maximum absolute atomic E-state index is 13.5. The van der Waals surface area contributed by atoms with Gasteiger partial charge in [-0.15, -0.1) is 0 Å². The number of carbonyl (C=O) groups excluding carboxylic acids is 2. The first-order valence-corrected chi connectivity index (χ1v) is 12.1. The van der Waals surface area contributed by atoms with E-state index in [1.807, 2.05) is 0 Å². The summed E-state index contributed by atoms with van der Waals surface area (Å²) in [4.78, 5) is 28.0. The molecule has 0 saturated heterocycles. The molecule has 2 aromatic rings. The highest BCUT2D eigenvalue weighted by Gasteiger charge is 2.41. The van der Waals surface area contributed by atoms with Gasteiger partial charge in [-0.3, -0.25) is 9.80 Å². The number of hydrogen-bond acceptors (Lipinski definition) is 6. The van der Waals surface area contributed by atoms with Crippen LogP contribution in [0.5, 0.6) is 0 Å². The standard InChI is InChI=1S/C26H28F6N2O6/c1-4-40-24(38)34-14(2)5-21(20-8-16(12-35)17(13-36)9-22(20)34)33(23(37)39-3)11-15-6-18(25(27,28)29)10-19(7-15)26(30,31)32/h6-10,14,21,35-36H,4-5,11-13H2,1-3H3/t14-,21+/m0/s1. The first-order chi connectivity index (χ1) is 18.7. The maximum atomic E-state index is 13.5. The fourth-order valence-electron chi connectivity index (χ4n) is 4.75. The Kier molecular flexibility index (Phi) is 9.24. The van der Waals surface area contributed by atoms with Crippen LogP contribution in [0.15, 0.2) is 30.3 Å². The van der Waals surface area contributed by atoms with Crippen LogP contribution in [-0.2, 0) is 41.6 Å². The first kappa shape index (κ1) is 31.0. The average molecular weight is 579 g/mol. The van der Waals surface area contributed by atoms with Gasteiger partial charge in [0.15, 0.2) is 0 Å². The molecule has 0 saturated carbocycles. The number of halogens is 6. The highest BCUT2D eigenvalue weighted by Crippen LogP contribution is 2.44. The van der Waals surface area contributed by atoms with E-state index in [0.29, 0.717) is 12.1 Å². The number of benzene rings is 2. The van der Waals surface area contributed by atoms with Gasteiger partial charge in [-0.2, -0.15) is 26.3 Å². The van der Waals surface area contributed by atoms with E-state index in [1.54, 1.807) is 13.8 Å². The normalized spacial score (nSPS) is 17.3. The number of methoxy groups -OCH3 is 1. The van der Waals surface area contributed by atoms with Crippen LogP contribution in [0.3, 0.4) is 0 Å². The number of aliphatic hydroxyl groups is 2. The van der Waals surface area contributed by atoms with Crippen molar-refractivity contribution in [1.29, 1.82) is 0 Å². The monoisotopic (exact) mass is 578 g/mol. The van der Waals surface area contributed by atoms with Crippen LogP contribution in [0.2, 0.25) is 0 Å². The third-order valence-electron chi connectivity index (χ3n) is 6.56. The number of aliphatic hydroxyl groups excluding tert-OH is 2. The number of carbonyl (C=O) groups is 2. The molecule has 2 N–H and O–H groups in total. The van der Waals surface area contributed by atoms with Crippen molar-refractivity contribution in [3.05, 3.63) is 63.7 Å². The largest absolute Gasteiger partial charge is 0.453 e. The van der Waals surface area contributed by atoms with Crippen LogP contribution in [0.25, 0.3) is 0 Å². The minimum atomic E-state index is -5.09. The lowest BCUT2D eigenvalue weighted by molar-refractivity contribution is -0.143. The Morgan fingerprint density at radius 2 is 1.52 bits per heavy atom. The number of nitrogens with zero attached hydrogens (tertiary/aromatic N) is 2. The summed E-state index contributed by atoms with van der Waals surface area (Å²) in [6, 6.07) is 2.21. The molecule has 0 radical (unpaired) electrons. The van der Waals surface area contributed by atoms with Gasteiger partial charge in [0.25, 0.3) is 0 Å². The number of fused-ring (bicyclic) bond motifs is 1. The minimum Gasteiger partial charge on any atom is -0.453 e. The van der Waals surface area contributed by atoms with Crippen molar-refractivity contribution in [3.8, 4) is 0 Å². The van der Waals surface area contributed by atoms with Crippen LogP contribution < -0.4 is 4.90 Å². The zero-order valence-electron chi connectivity index (χ0n) is 21.8. The van der Waals surface area contributed by atoms with Gasteiger partial charge in [0.1, 0.15) is 0 Å². The van der Waals surface area contributed by atoms with Crippen molar-refractivity contribution in [2.75, 3.05) is 18.6 Å². The number of ether oxygens (including phenoxy) is 2. The quantitative estimate of drug-likeness (QED) is 0.422. The molecule has 0 bridgehead atoms. The summed E-state index contributed by atoms with van der Waals surface area (Å²) in [6.45, 7) is 1.50. The Morgan fingerprint density at radius 3 is 2.00 bits per heavy atom. The lowest BCUT2D eigenvalue weighted by Gasteiger charge is -2.43. The molecule has 14 heteroatoms. The molecule has 0 unspecified atom stereocenters. The van der Waals surface area contributed by atoms with Gasteiger partial charge in [0.2, 0.25) is 0 Å². The summed E-state index contributed by atoms with van der Waals surface area (Å²) in [5.74, 6) is 0. The van der Waals surface area contributed by atoms with Gasteiger partial charge in [-0.05, 0) is 72.9 Å². The Labute approximate surface area is 225 Å². The maximum Gasteiger partial charge on any atom is 0.416 e. The van der Waals surface area contributed by atoms with Gasteiger partial charge < -0.3 is 19.7 Å². The molecule has 1 aliphatic heterocycles. The second-order valence-corrected chi connectivity index (χ2v) is 9.18. The molecular weight excluding hydrogens is 550 g/mol. The Hall–Kier alpha value is -3.52. The highest BCUT2D eigenvalue weighted by molar-refractivity contribution is 5.90. The van der Waals surface area contributed by atoms with E-state index in [2.05, 4.69) is 0 Å². The zero-order chi connectivity index (χ0) is 30.0. The van der Waals surface area contributed by atoms with E-state index >= 15 is 0 Å². The van der Waals surface area contributed by atoms with E-state index in [4.69, 9.17) is 9.47 Å². The van der Waals surface area contributed by atoms with Crippen LogP contribution in [0, 0.1) is 0 Å². The molecule has 2 amide bonds. The van der Waals surface area contributed by atoms with E-state index in [0.717, 1.165) is 12.0 Å². The molecule has 0 fully saturated rings. The fraction of sp³-hybridized carbons (Fsp3) is 0.462. The average Bonchev–Trinajstić information content (AvgIpc) is 2.89. The van der Waals surface area contributed by atoms with Crippen LogP contribution in [0.4, 0.5) is 41.6 Å².